The number of aryl methyl sites for hydroxylation is 1. The van der Waals surface area contributed by atoms with Gasteiger partial charge < -0.3 is 5.73 Å². The molecule has 0 aliphatic carbocycles. The van der Waals surface area contributed by atoms with Crippen LogP contribution in [0.2, 0.25) is 0 Å². The zero-order chi connectivity index (χ0) is 18.1. The van der Waals surface area contributed by atoms with E-state index in [2.05, 4.69) is 15.1 Å². The Morgan fingerprint density at radius 1 is 1.17 bits per heavy atom. The Morgan fingerprint density at radius 2 is 1.75 bits per heavy atom. The first-order valence-electron chi connectivity index (χ1n) is 6.26. The smallest absolute Gasteiger partial charge is 0.368 e. The van der Waals surface area contributed by atoms with Gasteiger partial charge in [0.2, 0.25) is 5.95 Å². The third-order valence-corrected chi connectivity index (χ3v) is 3.58. The van der Waals surface area contributed by atoms with Crippen LogP contribution in [0.4, 0.5) is 19.1 Å². The van der Waals surface area contributed by atoms with Gasteiger partial charge in [0.15, 0.2) is 11.0 Å². The first kappa shape index (κ1) is 18.6. The third-order valence-electron chi connectivity index (χ3n) is 2.76. The number of aliphatic imine (C=N–C) groups is 1. The van der Waals surface area contributed by atoms with Gasteiger partial charge in [0, 0.05) is 5.56 Å². The molecule has 1 heterocycles. The predicted octanol–water partition coefficient (Wildman–Crippen LogP) is 4.33. The van der Waals surface area contributed by atoms with Gasteiger partial charge in [-0.1, -0.05) is 64.6 Å². The van der Waals surface area contributed by atoms with Crippen LogP contribution >= 0.6 is 34.8 Å². The molecule has 0 aliphatic rings. The Balaban J connectivity index is 2.66. The van der Waals surface area contributed by atoms with E-state index in [-0.39, 0.29) is 15.5 Å². The van der Waals surface area contributed by atoms with Gasteiger partial charge in [-0.2, -0.15) is 22.8 Å². The first-order chi connectivity index (χ1) is 11.1. The molecule has 1 aromatic heterocycles. The first-order valence-corrected chi connectivity index (χ1v) is 7.39. The topological polar surface area (TPSA) is 69.1 Å². The van der Waals surface area contributed by atoms with Gasteiger partial charge in [-0.3, -0.25) is 0 Å². The Hall–Kier alpha value is -1.77. The zero-order valence-electron chi connectivity index (χ0n) is 11.9. The molecule has 0 unspecified atom stereocenters. The second kappa shape index (κ2) is 7.00. The van der Waals surface area contributed by atoms with Crippen LogP contribution in [-0.4, -0.2) is 20.6 Å². The van der Waals surface area contributed by atoms with Gasteiger partial charge in [0.05, 0.1) is 0 Å². The number of nitrogens with two attached hydrogens (primary N) is 1. The fourth-order valence-electron chi connectivity index (χ4n) is 1.67. The molecule has 0 saturated heterocycles. The van der Waals surface area contributed by atoms with E-state index in [0.717, 1.165) is 5.56 Å². The minimum atomic E-state index is -4.76. The van der Waals surface area contributed by atoms with Crippen molar-refractivity contribution in [1.82, 2.24) is 14.8 Å². The molecule has 11 heteroatoms. The summed E-state index contributed by atoms with van der Waals surface area (Å²) in [5, 5.41) is 3.01. The second-order valence-corrected chi connectivity index (χ2v) is 5.86. The number of halogens is 6. The number of nitrogens with zero attached hydrogens (tertiary/aromatic N) is 4. The lowest BCUT2D eigenvalue weighted by Gasteiger charge is -2.08. The summed E-state index contributed by atoms with van der Waals surface area (Å²) in [7, 11) is 0. The van der Waals surface area contributed by atoms with Crippen molar-refractivity contribution in [2.24, 2.45) is 4.99 Å². The van der Waals surface area contributed by atoms with E-state index in [1.807, 2.05) is 6.92 Å². The van der Waals surface area contributed by atoms with Crippen LogP contribution in [0, 0.1) is 6.92 Å². The molecule has 0 fully saturated rings. The maximum atomic E-state index is 12.8. The van der Waals surface area contributed by atoms with Gasteiger partial charge in [-0.05, 0) is 6.92 Å². The van der Waals surface area contributed by atoms with Gasteiger partial charge in [-0.15, -0.1) is 5.10 Å². The minimum Gasteiger partial charge on any atom is -0.368 e. The van der Waals surface area contributed by atoms with Crippen LogP contribution in [-0.2, 0) is 6.18 Å². The van der Waals surface area contributed by atoms with Crippen LogP contribution in [0.5, 0.6) is 0 Å². The average Bonchev–Trinajstić information content (AvgIpc) is 2.87. The quantitative estimate of drug-likeness (QED) is 0.465. The Labute approximate surface area is 149 Å². The molecule has 0 saturated carbocycles. The molecule has 0 bridgehead atoms. The maximum Gasteiger partial charge on any atom is 0.453 e. The Morgan fingerprint density at radius 3 is 2.21 bits per heavy atom. The number of rotatable bonds is 2. The monoisotopic (exact) mass is 397 g/mol. The molecule has 2 aromatic rings. The molecule has 2 rings (SSSR count). The normalized spacial score (nSPS) is 12.4. The molecule has 0 spiro atoms. The molecular formula is C13H9Cl3F3N5. The van der Waals surface area contributed by atoms with Crippen molar-refractivity contribution < 1.29 is 13.2 Å². The van der Waals surface area contributed by atoms with Crippen LogP contribution in [0.3, 0.4) is 0 Å². The molecule has 5 nitrogen and oxygen atoms in total. The number of aromatic nitrogens is 3. The van der Waals surface area contributed by atoms with Crippen LogP contribution in [0.15, 0.2) is 38.9 Å². The highest BCUT2D eigenvalue weighted by molar-refractivity contribution is 6.59. The standard InChI is InChI=1S/C13H9Cl3F3N5/c1-6-2-4-7(5-3-6)10(21-9(16)8(14)15)24-12(20)22-11(23-24)13(17,18)19/h2-5H,1H3,(H2,20,22,23)/b21-10+. The van der Waals surface area contributed by atoms with Crippen molar-refractivity contribution in [2.75, 3.05) is 5.73 Å². The van der Waals surface area contributed by atoms with Gasteiger partial charge >= 0.3 is 6.18 Å². The van der Waals surface area contributed by atoms with Crippen molar-refractivity contribution >= 4 is 46.6 Å². The molecule has 0 atom stereocenters. The largest absolute Gasteiger partial charge is 0.453 e. The van der Waals surface area contributed by atoms with E-state index in [4.69, 9.17) is 40.5 Å². The summed E-state index contributed by atoms with van der Waals surface area (Å²) >= 11 is 16.9. The SMILES string of the molecule is Cc1ccc(/C(=N\C(Cl)=C(Cl)Cl)n2nc(C(F)(F)F)nc2N)cc1. The number of alkyl halides is 3. The molecular weight excluding hydrogens is 390 g/mol. The van der Waals surface area contributed by atoms with Gasteiger partial charge in [0.1, 0.15) is 4.49 Å². The van der Waals surface area contributed by atoms with Crippen molar-refractivity contribution in [3.05, 3.63) is 50.9 Å². The molecule has 0 amide bonds. The summed E-state index contributed by atoms with van der Waals surface area (Å²) in [6.45, 7) is 1.84. The second-order valence-electron chi connectivity index (χ2n) is 4.56. The average molecular weight is 399 g/mol. The fraction of sp³-hybridized carbons (Fsp3) is 0.154. The summed E-state index contributed by atoms with van der Waals surface area (Å²) in [6.07, 6.45) is -4.76. The number of hydrogen-bond donors (Lipinski definition) is 1. The molecule has 1 aromatic carbocycles. The van der Waals surface area contributed by atoms with E-state index in [0.29, 0.717) is 10.2 Å². The Bertz CT molecular complexity index is 805. The lowest BCUT2D eigenvalue weighted by molar-refractivity contribution is -0.144. The van der Waals surface area contributed by atoms with Gasteiger partial charge in [0.25, 0.3) is 5.82 Å². The zero-order valence-corrected chi connectivity index (χ0v) is 14.2. The summed E-state index contributed by atoms with van der Waals surface area (Å²) in [4.78, 5) is 7.11. The number of hydrogen-bond acceptors (Lipinski definition) is 4. The van der Waals surface area contributed by atoms with E-state index in [1.165, 1.54) is 0 Å². The number of nitrogen functional groups attached to an aromatic ring is 1. The van der Waals surface area contributed by atoms with Gasteiger partial charge in [-0.25, -0.2) is 4.99 Å². The summed E-state index contributed by atoms with van der Waals surface area (Å²) in [5.41, 5.74) is 6.86. The predicted molar refractivity (Wildman–Crippen MR) is 87.1 cm³/mol. The van der Waals surface area contributed by atoms with Crippen molar-refractivity contribution in [2.45, 2.75) is 13.1 Å². The van der Waals surface area contributed by atoms with Crippen LogP contribution in [0.1, 0.15) is 17.0 Å². The summed E-state index contributed by atoms with van der Waals surface area (Å²) in [6, 6.07) is 6.66. The summed E-state index contributed by atoms with van der Waals surface area (Å²) < 4.78 is 38.7. The van der Waals surface area contributed by atoms with E-state index >= 15 is 0 Å². The van der Waals surface area contributed by atoms with Crippen molar-refractivity contribution in [3.8, 4) is 0 Å². The third kappa shape index (κ3) is 4.19. The lowest BCUT2D eigenvalue weighted by Crippen LogP contribution is -2.19. The lowest BCUT2D eigenvalue weighted by atomic mass is 10.1. The highest BCUT2D eigenvalue weighted by atomic mass is 35.5. The van der Waals surface area contributed by atoms with E-state index < -0.39 is 17.9 Å². The number of anilines is 1. The Kier molecular flexibility index (Phi) is 5.42. The highest BCUT2D eigenvalue weighted by Gasteiger charge is 2.37. The minimum absolute atomic E-state index is 0.112. The highest BCUT2D eigenvalue weighted by Crippen LogP contribution is 2.27. The van der Waals surface area contributed by atoms with Crippen LogP contribution in [0.25, 0.3) is 0 Å². The molecule has 0 aliphatic heterocycles. The summed E-state index contributed by atoms with van der Waals surface area (Å²) in [5.74, 6) is -2.03. The molecule has 0 radical (unpaired) electrons. The maximum absolute atomic E-state index is 12.8. The van der Waals surface area contributed by atoms with Crippen molar-refractivity contribution in [1.29, 1.82) is 0 Å². The van der Waals surface area contributed by atoms with E-state index in [1.54, 1.807) is 24.3 Å². The van der Waals surface area contributed by atoms with Crippen LogP contribution < -0.4 is 5.73 Å². The molecule has 2 N–H and O–H groups in total. The molecule has 24 heavy (non-hydrogen) atoms. The number of benzene rings is 1. The van der Waals surface area contributed by atoms with Crippen molar-refractivity contribution in [3.63, 3.8) is 0 Å². The molecule has 128 valence electrons. The van der Waals surface area contributed by atoms with E-state index in [9.17, 15) is 13.2 Å². The fourth-order valence-corrected chi connectivity index (χ4v) is 1.84.